The maximum atomic E-state index is 12.2. The van der Waals surface area contributed by atoms with Crippen molar-refractivity contribution in [1.82, 2.24) is 10.2 Å². The van der Waals surface area contributed by atoms with Crippen LogP contribution in [0.25, 0.3) is 0 Å². The van der Waals surface area contributed by atoms with Gasteiger partial charge in [-0.15, -0.1) is 0 Å². The molecule has 0 bridgehead atoms. The highest BCUT2D eigenvalue weighted by Gasteiger charge is 2.37. The minimum Gasteiger partial charge on any atom is -0.388 e. The monoisotopic (exact) mass is 270 g/mol. The molecule has 0 spiro atoms. The van der Waals surface area contributed by atoms with Gasteiger partial charge in [-0.2, -0.15) is 0 Å². The van der Waals surface area contributed by atoms with E-state index in [0.29, 0.717) is 32.5 Å². The number of piperidine rings is 1. The van der Waals surface area contributed by atoms with E-state index in [1.807, 2.05) is 25.7 Å². The number of carbonyl (C=O) groups is 1. The van der Waals surface area contributed by atoms with E-state index < -0.39 is 5.60 Å². The van der Waals surface area contributed by atoms with Crippen molar-refractivity contribution in [3.63, 3.8) is 0 Å². The van der Waals surface area contributed by atoms with Crippen LogP contribution in [0.15, 0.2) is 0 Å². The second-order valence-corrected chi connectivity index (χ2v) is 7.87. The lowest BCUT2D eigenvalue weighted by Crippen LogP contribution is -2.55. The van der Waals surface area contributed by atoms with Gasteiger partial charge in [-0.25, -0.2) is 0 Å². The predicted molar refractivity (Wildman–Crippen MR) is 78.0 cm³/mol. The summed E-state index contributed by atoms with van der Waals surface area (Å²) in [6.07, 6.45) is 1.30. The Morgan fingerprint density at radius 1 is 1.16 bits per heavy atom. The third-order valence-corrected chi connectivity index (χ3v) is 3.57. The van der Waals surface area contributed by atoms with Crippen molar-refractivity contribution >= 4 is 5.91 Å². The van der Waals surface area contributed by atoms with Gasteiger partial charge in [-0.05, 0) is 33.6 Å². The first-order valence-corrected chi connectivity index (χ1v) is 7.20. The van der Waals surface area contributed by atoms with Gasteiger partial charge in [0.15, 0.2) is 0 Å². The van der Waals surface area contributed by atoms with Crippen molar-refractivity contribution in [1.29, 1.82) is 0 Å². The van der Waals surface area contributed by atoms with Crippen molar-refractivity contribution in [2.24, 2.45) is 5.41 Å². The molecule has 1 amide bonds. The van der Waals surface area contributed by atoms with Crippen LogP contribution in [0.4, 0.5) is 0 Å². The van der Waals surface area contributed by atoms with Crippen LogP contribution in [-0.4, -0.2) is 46.7 Å². The Hall–Kier alpha value is -0.610. The Labute approximate surface area is 117 Å². The molecule has 1 rings (SSSR count). The summed E-state index contributed by atoms with van der Waals surface area (Å²) in [5.74, 6) is 0.179. The van der Waals surface area contributed by atoms with E-state index >= 15 is 0 Å². The van der Waals surface area contributed by atoms with E-state index in [1.165, 1.54) is 0 Å². The van der Waals surface area contributed by atoms with Crippen LogP contribution in [0.2, 0.25) is 0 Å². The van der Waals surface area contributed by atoms with E-state index in [0.717, 1.165) is 0 Å². The summed E-state index contributed by atoms with van der Waals surface area (Å²) < 4.78 is 0. The van der Waals surface area contributed by atoms with Crippen molar-refractivity contribution < 1.29 is 9.90 Å². The maximum absolute atomic E-state index is 12.2. The molecule has 1 saturated heterocycles. The van der Waals surface area contributed by atoms with Crippen molar-refractivity contribution in [2.75, 3.05) is 19.6 Å². The summed E-state index contributed by atoms with van der Waals surface area (Å²) in [5.41, 5.74) is -1.00. The number of nitrogens with zero attached hydrogens (tertiary/aromatic N) is 1. The van der Waals surface area contributed by atoms with Gasteiger partial charge in [-0.3, -0.25) is 4.79 Å². The zero-order valence-corrected chi connectivity index (χ0v) is 13.3. The van der Waals surface area contributed by atoms with Crippen LogP contribution >= 0.6 is 0 Å². The number of hydrogen-bond donors (Lipinski definition) is 2. The molecule has 2 N–H and O–H groups in total. The summed E-state index contributed by atoms with van der Waals surface area (Å²) >= 11 is 0. The van der Waals surface area contributed by atoms with Gasteiger partial charge in [-0.1, -0.05) is 20.8 Å². The van der Waals surface area contributed by atoms with Gasteiger partial charge >= 0.3 is 0 Å². The van der Waals surface area contributed by atoms with Gasteiger partial charge in [0.25, 0.3) is 0 Å². The van der Waals surface area contributed by atoms with Gasteiger partial charge in [0, 0.05) is 30.6 Å². The number of nitrogens with one attached hydrogen (secondary N) is 1. The molecule has 0 aromatic carbocycles. The second-order valence-electron chi connectivity index (χ2n) is 7.87. The molecule has 0 aromatic heterocycles. The first-order valence-electron chi connectivity index (χ1n) is 7.20. The van der Waals surface area contributed by atoms with Gasteiger partial charge < -0.3 is 15.3 Å². The molecule has 1 fully saturated rings. The molecule has 4 nitrogen and oxygen atoms in total. The third-order valence-electron chi connectivity index (χ3n) is 3.57. The molecule has 1 aliphatic rings. The van der Waals surface area contributed by atoms with E-state index in [2.05, 4.69) is 26.1 Å². The quantitative estimate of drug-likeness (QED) is 0.804. The SMILES string of the molecule is CC(C)(C)NCC1(O)CCN(C(=O)C(C)(C)C)CC1. The fraction of sp³-hybridized carbons (Fsp3) is 0.933. The fourth-order valence-corrected chi connectivity index (χ4v) is 2.21. The smallest absolute Gasteiger partial charge is 0.227 e. The third kappa shape index (κ3) is 5.11. The summed E-state index contributed by atoms with van der Waals surface area (Å²) in [5, 5.41) is 13.9. The number of amides is 1. The summed E-state index contributed by atoms with van der Waals surface area (Å²) in [6, 6.07) is 0. The Bertz CT molecular complexity index is 318. The van der Waals surface area contributed by atoms with Crippen LogP contribution in [0.1, 0.15) is 54.4 Å². The lowest BCUT2D eigenvalue weighted by molar-refractivity contribution is -0.143. The Balaban J connectivity index is 2.50. The molecular weight excluding hydrogens is 240 g/mol. The molecule has 0 aromatic rings. The van der Waals surface area contributed by atoms with Crippen LogP contribution in [-0.2, 0) is 4.79 Å². The summed E-state index contributed by atoms with van der Waals surface area (Å²) in [4.78, 5) is 14.1. The molecule has 19 heavy (non-hydrogen) atoms. The van der Waals surface area contributed by atoms with Crippen LogP contribution < -0.4 is 5.32 Å². The molecular formula is C15H30N2O2. The topological polar surface area (TPSA) is 52.6 Å². The molecule has 112 valence electrons. The Morgan fingerprint density at radius 3 is 2.00 bits per heavy atom. The number of rotatable bonds is 2. The van der Waals surface area contributed by atoms with Gasteiger partial charge in [0.1, 0.15) is 0 Å². The number of β-amino-alcohol motifs (C(OH)–C–C–N with tert-alkyl or cyclic N) is 1. The Kier molecular flexibility index (Phi) is 4.68. The number of carbonyl (C=O) groups excluding carboxylic acids is 1. The fourth-order valence-electron chi connectivity index (χ4n) is 2.21. The minimum atomic E-state index is -0.679. The number of hydrogen-bond acceptors (Lipinski definition) is 3. The molecule has 0 atom stereocenters. The van der Waals surface area contributed by atoms with Crippen LogP contribution in [0, 0.1) is 5.41 Å². The highest BCUT2D eigenvalue weighted by Crippen LogP contribution is 2.26. The standard InChI is InChI=1S/C15H30N2O2/c1-13(2,3)12(18)17-9-7-15(19,8-10-17)11-16-14(4,5)6/h16,19H,7-11H2,1-6H3. The highest BCUT2D eigenvalue weighted by molar-refractivity contribution is 5.81. The average Bonchev–Trinajstić information content (AvgIpc) is 2.25. The van der Waals surface area contributed by atoms with Crippen LogP contribution in [0.3, 0.4) is 0 Å². The number of aliphatic hydroxyl groups is 1. The van der Waals surface area contributed by atoms with Crippen molar-refractivity contribution in [3.05, 3.63) is 0 Å². The minimum absolute atomic E-state index is 0.00803. The zero-order chi connectivity index (χ0) is 14.9. The second kappa shape index (κ2) is 5.41. The lowest BCUT2D eigenvalue weighted by atomic mass is 9.88. The first-order chi connectivity index (χ1) is 8.43. The first kappa shape index (κ1) is 16.4. The van der Waals surface area contributed by atoms with Crippen molar-refractivity contribution in [2.45, 2.75) is 65.5 Å². The maximum Gasteiger partial charge on any atom is 0.227 e. The number of likely N-dealkylation sites (tertiary alicyclic amines) is 1. The average molecular weight is 270 g/mol. The highest BCUT2D eigenvalue weighted by atomic mass is 16.3. The molecule has 4 heteroatoms. The predicted octanol–water partition coefficient (Wildman–Crippen LogP) is 1.77. The lowest BCUT2D eigenvalue weighted by Gasteiger charge is -2.41. The summed E-state index contributed by atoms with van der Waals surface area (Å²) in [7, 11) is 0. The van der Waals surface area contributed by atoms with E-state index in [4.69, 9.17) is 0 Å². The molecule has 1 aliphatic heterocycles. The van der Waals surface area contributed by atoms with Gasteiger partial charge in [0.05, 0.1) is 5.60 Å². The molecule has 0 saturated carbocycles. The van der Waals surface area contributed by atoms with Crippen LogP contribution in [0.5, 0.6) is 0 Å². The molecule has 1 heterocycles. The van der Waals surface area contributed by atoms with Gasteiger partial charge in [0.2, 0.25) is 5.91 Å². The molecule has 0 aliphatic carbocycles. The summed E-state index contributed by atoms with van der Waals surface area (Å²) in [6.45, 7) is 14.0. The normalized spacial score (nSPS) is 20.5. The zero-order valence-electron chi connectivity index (χ0n) is 13.3. The van der Waals surface area contributed by atoms with E-state index in [9.17, 15) is 9.90 Å². The molecule has 0 unspecified atom stereocenters. The largest absolute Gasteiger partial charge is 0.388 e. The Morgan fingerprint density at radius 2 is 1.63 bits per heavy atom. The van der Waals surface area contributed by atoms with E-state index in [-0.39, 0.29) is 16.9 Å². The van der Waals surface area contributed by atoms with Crippen molar-refractivity contribution in [3.8, 4) is 0 Å². The molecule has 0 radical (unpaired) electrons. The van der Waals surface area contributed by atoms with E-state index in [1.54, 1.807) is 0 Å².